The van der Waals surface area contributed by atoms with Gasteiger partial charge in [0.25, 0.3) is 0 Å². The van der Waals surface area contributed by atoms with Gasteiger partial charge in [-0.3, -0.25) is 4.98 Å². The number of allylic oxidation sites excluding steroid dienone is 4. The summed E-state index contributed by atoms with van der Waals surface area (Å²) in [5.41, 5.74) is 9.13. The summed E-state index contributed by atoms with van der Waals surface area (Å²) in [5, 5.41) is 1.14. The largest absolute Gasteiger partial charge is 0.253 e. The van der Waals surface area contributed by atoms with Crippen LogP contribution in [0.5, 0.6) is 0 Å². The van der Waals surface area contributed by atoms with E-state index in [1.54, 1.807) is 12.2 Å². The maximum absolute atomic E-state index is 4.85. The Morgan fingerprint density at radius 1 is 0.561 bits per heavy atom. The van der Waals surface area contributed by atoms with Gasteiger partial charge in [0, 0.05) is 27.8 Å². The van der Waals surface area contributed by atoms with Crippen molar-refractivity contribution in [1.82, 2.24) is 19.9 Å². The highest BCUT2D eigenvalue weighted by Crippen LogP contribution is 2.30. The molecule has 2 aromatic heterocycles. The molecule has 0 spiro atoms. The minimum atomic E-state index is 0.554. The van der Waals surface area contributed by atoms with Gasteiger partial charge in [-0.05, 0) is 47.4 Å². The Hall–Kier alpha value is -5.48. The Bertz CT molecular complexity index is 1920. The van der Waals surface area contributed by atoms with Gasteiger partial charge >= 0.3 is 0 Å². The predicted molar refractivity (Wildman–Crippen MR) is 170 cm³/mol. The lowest BCUT2D eigenvalue weighted by atomic mass is 9.98. The number of fused-ring (bicyclic) bond motifs is 1. The van der Waals surface area contributed by atoms with Crippen LogP contribution >= 0.6 is 0 Å². The first-order valence-electron chi connectivity index (χ1n) is 13.5. The molecule has 0 aliphatic heterocycles. The normalized spacial score (nSPS) is 11.4. The maximum atomic E-state index is 4.85. The minimum absolute atomic E-state index is 0.554. The van der Waals surface area contributed by atoms with E-state index >= 15 is 0 Å². The van der Waals surface area contributed by atoms with Crippen LogP contribution < -0.4 is 0 Å². The van der Waals surface area contributed by atoms with Crippen molar-refractivity contribution in [3.63, 3.8) is 0 Å². The zero-order chi connectivity index (χ0) is 28.2. The Balaban J connectivity index is 1.37. The first kappa shape index (κ1) is 25.8. The van der Waals surface area contributed by atoms with Crippen LogP contribution in [-0.4, -0.2) is 19.9 Å². The van der Waals surface area contributed by atoms with Crippen molar-refractivity contribution in [3.8, 4) is 45.0 Å². The number of aryl methyl sites for hydroxylation is 1. The zero-order valence-corrected chi connectivity index (χ0v) is 22.8. The van der Waals surface area contributed by atoms with E-state index < -0.39 is 0 Å². The van der Waals surface area contributed by atoms with Crippen LogP contribution in [0, 0.1) is 6.92 Å². The molecule has 4 nitrogen and oxygen atoms in total. The van der Waals surface area contributed by atoms with Crippen LogP contribution in [0.2, 0.25) is 0 Å². The van der Waals surface area contributed by atoms with E-state index in [1.165, 1.54) is 0 Å². The quantitative estimate of drug-likeness (QED) is 0.194. The fourth-order valence-electron chi connectivity index (χ4n) is 4.80. The Morgan fingerprint density at radius 2 is 1.17 bits per heavy atom. The van der Waals surface area contributed by atoms with Gasteiger partial charge < -0.3 is 0 Å². The van der Waals surface area contributed by atoms with Crippen molar-refractivity contribution in [3.05, 3.63) is 152 Å². The molecule has 0 fully saturated rings. The van der Waals surface area contributed by atoms with Crippen LogP contribution in [0.1, 0.15) is 11.5 Å². The second kappa shape index (κ2) is 11.3. The van der Waals surface area contributed by atoms with E-state index in [4.69, 9.17) is 19.9 Å². The Morgan fingerprint density at radius 3 is 1.88 bits per heavy atom. The molecule has 0 saturated heterocycles. The molecule has 6 rings (SSSR count). The van der Waals surface area contributed by atoms with Gasteiger partial charge in [0.1, 0.15) is 0 Å². The van der Waals surface area contributed by atoms with Crippen molar-refractivity contribution in [2.45, 2.75) is 6.92 Å². The molecule has 0 amide bonds. The fraction of sp³-hybridized carbons (Fsp3) is 0.0270. The number of benzene rings is 4. The summed E-state index contributed by atoms with van der Waals surface area (Å²) in [6.45, 7) is 9.79. The monoisotopic (exact) mass is 528 g/mol. The van der Waals surface area contributed by atoms with E-state index in [0.717, 1.165) is 55.6 Å². The van der Waals surface area contributed by atoms with Gasteiger partial charge in [-0.15, -0.1) is 0 Å². The third kappa shape index (κ3) is 5.49. The summed E-state index contributed by atoms with van der Waals surface area (Å²) in [6, 6.07) is 37.4. The van der Waals surface area contributed by atoms with Crippen molar-refractivity contribution in [1.29, 1.82) is 0 Å². The van der Waals surface area contributed by atoms with E-state index in [2.05, 4.69) is 73.8 Å². The number of hydrogen-bond acceptors (Lipinski definition) is 4. The van der Waals surface area contributed by atoms with Gasteiger partial charge in [-0.2, -0.15) is 0 Å². The summed E-state index contributed by atoms with van der Waals surface area (Å²) >= 11 is 0. The molecule has 0 aliphatic rings. The van der Waals surface area contributed by atoms with Crippen molar-refractivity contribution >= 4 is 16.5 Å². The molecule has 0 atom stereocenters. The molecule has 0 radical (unpaired) electrons. The van der Waals surface area contributed by atoms with E-state index in [9.17, 15) is 0 Å². The van der Waals surface area contributed by atoms with E-state index in [0.29, 0.717) is 17.5 Å². The van der Waals surface area contributed by atoms with Gasteiger partial charge in [0.05, 0.1) is 5.52 Å². The van der Waals surface area contributed by atoms with E-state index in [1.807, 2.05) is 61.5 Å². The summed E-state index contributed by atoms with van der Waals surface area (Å²) in [6.07, 6.45) is 5.30. The first-order chi connectivity index (χ1) is 20.1. The minimum Gasteiger partial charge on any atom is -0.253 e. The zero-order valence-electron chi connectivity index (χ0n) is 22.8. The molecule has 4 aromatic carbocycles. The topological polar surface area (TPSA) is 51.6 Å². The number of nitrogens with zero attached hydrogens (tertiary/aromatic N) is 4. The van der Waals surface area contributed by atoms with E-state index in [-0.39, 0.29) is 0 Å². The van der Waals surface area contributed by atoms with Gasteiger partial charge in [-0.1, -0.05) is 122 Å². The van der Waals surface area contributed by atoms with Gasteiger partial charge in [0.2, 0.25) is 0 Å². The van der Waals surface area contributed by atoms with Crippen LogP contribution in [0.25, 0.3) is 61.5 Å². The van der Waals surface area contributed by atoms with Gasteiger partial charge in [0.15, 0.2) is 17.5 Å². The average molecular weight is 529 g/mol. The van der Waals surface area contributed by atoms with Crippen molar-refractivity contribution in [2.24, 2.45) is 0 Å². The molecule has 0 saturated carbocycles. The molecule has 41 heavy (non-hydrogen) atoms. The van der Waals surface area contributed by atoms with Crippen molar-refractivity contribution in [2.75, 3.05) is 0 Å². The van der Waals surface area contributed by atoms with Crippen LogP contribution in [0.15, 0.2) is 141 Å². The molecule has 0 bridgehead atoms. The molecule has 6 aromatic rings. The SMILES string of the molecule is C=C/C=C(\C=C)c1nc(-c2ccccc2)nc(-c2cccc(-c3ccc(-c4ccc5ccc(C)nc5c4)cc3)c2)n1. The van der Waals surface area contributed by atoms with Crippen LogP contribution in [-0.2, 0) is 0 Å². The smallest absolute Gasteiger partial charge is 0.164 e. The number of pyridine rings is 1. The molecule has 0 unspecified atom stereocenters. The predicted octanol–water partition coefficient (Wildman–Crippen LogP) is 9.15. The first-order valence-corrected chi connectivity index (χ1v) is 13.5. The standard InChI is InChI=1S/C37H28N4/c1-4-10-26(5-2)35-39-36(30-11-7-6-8-12-30)41-37(40-35)33-14-9-13-31(23-33)27-17-19-28(20-18-27)32-22-21-29-16-15-25(3)38-34(29)24-32/h4-24H,1-2H2,3H3/b26-10+. The average Bonchev–Trinajstić information content (AvgIpc) is 3.03. The molecule has 0 aliphatic carbocycles. The number of rotatable bonds is 7. The number of hydrogen-bond donors (Lipinski definition) is 0. The van der Waals surface area contributed by atoms with Gasteiger partial charge in [-0.25, -0.2) is 15.0 Å². The van der Waals surface area contributed by atoms with Crippen LogP contribution in [0.4, 0.5) is 0 Å². The van der Waals surface area contributed by atoms with Crippen molar-refractivity contribution < 1.29 is 0 Å². The second-order valence-corrected chi connectivity index (χ2v) is 9.75. The summed E-state index contributed by atoms with van der Waals surface area (Å²) in [5.74, 6) is 1.76. The Kier molecular flexibility index (Phi) is 7.12. The Labute approximate surface area is 240 Å². The molecule has 0 N–H and O–H groups in total. The lowest BCUT2D eigenvalue weighted by Crippen LogP contribution is -2.02. The highest BCUT2D eigenvalue weighted by Gasteiger charge is 2.13. The maximum Gasteiger partial charge on any atom is 0.164 e. The molecule has 4 heteroatoms. The number of aromatic nitrogens is 4. The summed E-state index contributed by atoms with van der Waals surface area (Å²) < 4.78 is 0. The molecule has 196 valence electrons. The molecule has 2 heterocycles. The molecular weight excluding hydrogens is 500 g/mol. The fourth-order valence-corrected chi connectivity index (χ4v) is 4.80. The molecular formula is C37H28N4. The van der Waals surface area contributed by atoms with Crippen LogP contribution in [0.3, 0.4) is 0 Å². The highest BCUT2D eigenvalue weighted by molar-refractivity contribution is 5.85. The highest BCUT2D eigenvalue weighted by atomic mass is 15.0. The third-order valence-corrected chi connectivity index (χ3v) is 6.95. The summed E-state index contributed by atoms with van der Waals surface area (Å²) in [7, 11) is 0. The lowest BCUT2D eigenvalue weighted by Gasteiger charge is -2.10. The lowest BCUT2D eigenvalue weighted by molar-refractivity contribution is 1.04. The third-order valence-electron chi connectivity index (χ3n) is 6.95. The second-order valence-electron chi connectivity index (χ2n) is 9.75. The summed E-state index contributed by atoms with van der Waals surface area (Å²) in [4.78, 5) is 19.1.